The van der Waals surface area contributed by atoms with Crippen molar-refractivity contribution in [3.8, 4) is 11.5 Å². The Morgan fingerprint density at radius 1 is 1.35 bits per heavy atom. The third kappa shape index (κ3) is 4.57. The fourth-order valence-corrected chi connectivity index (χ4v) is 3.48. The van der Waals surface area contributed by atoms with E-state index in [0.29, 0.717) is 5.92 Å². The number of hydrogen-bond donors (Lipinski definition) is 1. The van der Waals surface area contributed by atoms with Crippen LogP contribution in [0.25, 0.3) is 0 Å². The molecule has 0 spiro atoms. The molecule has 1 heterocycles. The van der Waals surface area contributed by atoms with Crippen LogP contribution in [0.15, 0.2) is 16.6 Å². The van der Waals surface area contributed by atoms with E-state index in [4.69, 9.17) is 9.47 Å². The van der Waals surface area contributed by atoms with E-state index in [2.05, 4.69) is 46.6 Å². The van der Waals surface area contributed by atoms with Gasteiger partial charge in [-0.25, -0.2) is 0 Å². The Balaban J connectivity index is 1.95. The van der Waals surface area contributed by atoms with Gasteiger partial charge in [0, 0.05) is 13.0 Å². The highest BCUT2D eigenvalue weighted by atomic mass is 79.9. The Hall–Kier alpha value is -0.390. The van der Waals surface area contributed by atoms with Gasteiger partial charge in [0.15, 0.2) is 11.5 Å². The first-order valence-corrected chi connectivity index (χ1v) is 9.17. The minimum atomic E-state index is 0.689. The molecule has 0 radical (unpaired) electrons. The van der Waals surface area contributed by atoms with Gasteiger partial charge in [-0.1, -0.05) is 6.92 Å². The van der Waals surface area contributed by atoms with Crippen molar-refractivity contribution in [1.82, 2.24) is 5.32 Å². The second-order valence-corrected chi connectivity index (χ2v) is 6.91. The van der Waals surface area contributed by atoms with Crippen LogP contribution in [-0.2, 0) is 6.54 Å². The summed E-state index contributed by atoms with van der Waals surface area (Å²) in [6.45, 7) is 5.60. The molecule has 1 N–H and O–H groups in total. The molecule has 0 aliphatic carbocycles. The number of ether oxygens (including phenoxy) is 2. The molecule has 0 bridgehead atoms. The minimum absolute atomic E-state index is 0.689. The van der Waals surface area contributed by atoms with Gasteiger partial charge in [-0.15, -0.1) is 0 Å². The van der Waals surface area contributed by atoms with Gasteiger partial charge in [0.05, 0.1) is 17.7 Å². The van der Waals surface area contributed by atoms with Gasteiger partial charge < -0.3 is 14.8 Å². The lowest BCUT2D eigenvalue weighted by Gasteiger charge is -2.14. The highest BCUT2D eigenvalue weighted by Crippen LogP contribution is 2.38. The monoisotopic (exact) mass is 359 g/mol. The molecule has 2 rings (SSSR count). The van der Waals surface area contributed by atoms with Gasteiger partial charge in [-0.05, 0) is 58.1 Å². The van der Waals surface area contributed by atoms with E-state index in [1.165, 1.54) is 11.3 Å². The third-order valence-electron chi connectivity index (χ3n) is 3.14. The van der Waals surface area contributed by atoms with Crippen molar-refractivity contribution in [3.05, 3.63) is 22.2 Å². The largest absolute Gasteiger partial charge is 0.490 e. The SMILES string of the molecule is CSCC(C)CNCc1cc(Br)c2c(c1)OCCCO2. The van der Waals surface area contributed by atoms with Crippen molar-refractivity contribution in [1.29, 1.82) is 0 Å². The molecule has 1 aromatic carbocycles. The fraction of sp³-hybridized carbons (Fsp3) is 0.600. The van der Waals surface area contributed by atoms with Crippen LogP contribution in [0.4, 0.5) is 0 Å². The molecular weight excluding hydrogens is 338 g/mol. The van der Waals surface area contributed by atoms with Crippen LogP contribution in [0, 0.1) is 5.92 Å². The lowest BCUT2D eigenvalue weighted by Crippen LogP contribution is -2.22. The van der Waals surface area contributed by atoms with Crippen molar-refractivity contribution in [2.75, 3.05) is 31.8 Å². The average molecular weight is 360 g/mol. The number of nitrogens with one attached hydrogen (secondary N) is 1. The summed E-state index contributed by atoms with van der Waals surface area (Å²) in [6.07, 6.45) is 3.08. The maximum absolute atomic E-state index is 5.75. The molecule has 1 aliphatic rings. The second-order valence-electron chi connectivity index (χ2n) is 5.15. The van der Waals surface area contributed by atoms with Crippen molar-refractivity contribution in [2.45, 2.75) is 19.9 Å². The summed E-state index contributed by atoms with van der Waals surface area (Å²) in [5.74, 6) is 3.57. The predicted molar refractivity (Wildman–Crippen MR) is 89.0 cm³/mol. The summed E-state index contributed by atoms with van der Waals surface area (Å²) in [4.78, 5) is 0. The Morgan fingerprint density at radius 2 is 2.15 bits per heavy atom. The Morgan fingerprint density at radius 3 is 2.95 bits per heavy atom. The van der Waals surface area contributed by atoms with Crippen LogP contribution >= 0.6 is 27.7 Å². The first-order chi connectivity index (χ1) is 9.70. The van der Waals surface area contributed by atoms with Gasteiger partial charge in [0.25, 0.3) is 0 Å². The molecule has 5 heteroatoms. The van der Waals surface area contributed by atoms with Crippen LogP contribution in [0.1, 0.15) is 18.9 Å². The first kappa shape index (κ1) is 16.0. The second kappa shape index (κ2) is 8.15. The quantitative estimate of drug-likeness (QED) is 0.838. The predicted octanol–water partition coefficient (Wildman–Crippen LogP) is 3.70. The van der Waals surface area contributed by atoms with Crippen molar-refractivity contribution in [2.24, 2.45) is 5.92 Å². The Kier molecular flexibility index (Phi) is 6.52. The smallest absolute Gasteiger partial charge is 0.175 e. The molecule has 0 aromatic heterocycles. The number of fused-ring (bicyclic) bond motifs is 1. The lowest BCUT2D eigenvalue weighted by atomic mass is 10.1. The highest BCUT2D eigenvalue weighted by Gasteiger charge is 2.15. The molecule has 0 saturated heterocycles. The maximum Gasteiger partial charge on any atom is 0.175 e. The number of hydrogen-bond acceptors (Lipinski definition) is 4. The highest BCUT2D eigenvalue weighted by molar-refractivity contribution is 9.10. The van der Waals surface area contributed by atoms with Gasteiger partial charge >= 0.3 is 0 Å². The molecule has 3 nitrogen and oxygen atoms in total. The molecule has 1 aromatic rings. The summed E-state index contributed by atoms with van der Waals surface area (Å²) < 4.78 is 12.4. The van der Waals surface area contributed by atoms with Gasteiger partial charge in [0.1, 0.15) is 0 Å². The van der Waals surface area contributed by atoms with E-state index < -0.39 is 0 Å². The summed E-state index contributed by atoms with van der Waals surface area (Å²) in [5.41, 5.74) is 1.22. The van der Waals surface area contributed by atoms with Gasteiger partial charge in [-0.2, -0.15) is 11.8 Å². The van der Waals surface area contributed by atoms with Crippen molar-refractivity contribution < 1.29 is 9.47 Å². The van der Waals surface area contributed by atoms with E-state index >= 15 is 0 Å². The van der Waals surface area contributed by atoms with E-state index in [9.17, 15) is 0 Å². The number of halogens is 1. The minimum Gasteiger partial charge on any atom is -0.490 e. The van der Waals surface area contributed by atoms with E-state index in [1.807, 2.05) is 11.8 Å². The standard InChI is InChI=1S/C15H22BrNO2S/c1-11(10-20-2)8-17-9-12-6-13(16)15-14(7-12)18-4-3-5-19-15/h6-7,11,17H,3-5,8-10H2,1-2H3. The van der Waals surface area contributed by atoms with Crippen LogP contribution in [0.5, 0.6) is 11.5 Å². The molecule has 0 saturated carbocycles. The zero-order chi connectivity index (χ0) is 14.4. The Bertz CT molecular complexity index is 442. The van der Waals surface area contributed by atoms with E-state index in [1.54, 1.807) is 0 Å². The molecule has 112 valence electrons. The molecule has 1 unspecified atom stereocenters. The molecule has 0 fully saturated rings. The van der Waals surface area contributed by atoms with Crippen molar-refractivity contribution in [3.63, 3.8) is 0 Å². The van der Waals surface area contributed by atoms with Crippen LogP contribution in [-0.4, -0.2) is 31.8 Å². The zero-order valence-corrected chi connectivity index (χ0v) is 14.5. The summed E-state index contributed by atoms with van der Waals surface area (Å²) >= 11 is 5.47. The summed E-state index contributed by atoms with van der Waals surface area (Å²) in [7, 11) is 0. The lowest BCUT2D eigenvalue weighted by molar-refractivity contribution is 0.296. The number of rotatable bonds is 6. The summed E-state index contributed by atoms with van der Waals surface area (Å²) in [5, 5.41) is 3.51. The third-order valence-corrected chi connectivity index (χ3v) is 4.63. The van der Waals surface area contributed by atoms with Gasteiger partial charge in [0.2, 0.25) is 0 Å². The zero-order valence-electron chi connectivity index (χ0n) is 12.1. The first-order valence-electron chi connectivity index (χ1n) is 6.98. The van der Waals surface area contributed by atoms with Crippen LogP contribution in [0.3, 0.4) is 0 Å². The maximum atomic E-state index is 5.75. The fourth-order valence-electron chi connectivity index (χ4n) is 2.19. The molecular formula is C15H22BrNO2S. The molecule has 20 heavy (non-hydrogen) atoms. The Labute approximate surface area is 133 Å². The van der Waals surface area contributed by atoms with E-state index in [-0.39, 0.29) is 0 Å². The molecule has 1 aliphatic heterocycles. The van der Waals surface area contributed by atoms with Gasteiger partial charge in [-0.3, -0.25) is 0 Å². The van der Waals surface area contributed by atoms with E-state index in [0.717, 1.165) is 48.7 Å². The summed E-state index contributed by atoms with van der Waals surface area (Å²) in [6, 6.07) is 4.19. The normalized spacial score (nSPS) is 15.8. The number of benzene rings is 1. The van der Waals surface area contributed by atoms with Crippen molar-refractivity contribution >= 4 is 27.7 Å². The molecule has 0 amide bonds. The topological polar surface area (TPSA) is 30.5 Å². The number of thioether (sulfide) groups is 1. The van der Waals surface area contributed by atoms with Crippen LogP contribution < -0.4 is 14.8 Å². The average Bonchev–Trinajstić information content (AvgIpc) is 2.64. The molecule has 1 atom stereocenters. The van der Waals surface area contributed by atoms with Crippen LogP contribution in [0.2, 0.25) is 0 Å².